The molecule has 1 heterocycles. The molecule has 2 rings (SSSR count). The zero-order chi connectivity index (χ0) is 23.6. The molecule has 2 amide bonds. The number of hydrogen-bond acceptors (Lipinski definition) is 4. The van der Waals surface area contributed by atoms with E-state index in [1.165, 1.54) is 4.90 Å². The smallest absolute Gasteiger partial charge is 0.416 e. The molecule has 1 aromatic rings. The average molecular weight is 506 g/mol. The third kappa shape index (κ3) is 8.46. The number of halogens is 6. The van der Waals surface area contributed by atoms with Crippen LogP contribution in [0, 0.1) is 0 Å². The van der Waals surface area contributed by atoms with E-state index in [2.05, 4.69) is 5.32 Å². The predicted octanol–water partition coefficient (Wildman–Crippen LogP) is 5.79. The van der Waals surface area contributed by atoms with Gasteiger partial charge in [-0.15, -0.1) is 0 Å². The number of nitrogens with zero attached hydrogens (tertiary/aromatic N) is 1. The molecule has 174 valence electrons. The lowest BCUT2D eigenvalue weighted by molar-refractivity contribution is -0.137. The molecule has 0 unspecified atom stereocenters. The molecule has 1 N–H and O–H groups in total. The van der Waals surface area contributed by atoms with Crippen LogP contribution >= 0.6 is 34.8 Å². The van der Waals surface area contributed by atoms with Crippen LogP contribution < -0.4 is 10.1 Å². The fraction of sp³-hybridized carbons (Fsp3) is 0.579. The van der Waals surface area contributed by atoms with Gasteiger partial charge >= 0.3 is 12.3 Å². The number of benzene rings is 1. The van der Waals surface area contributed by atoms with E-state index in [0.29, 0.717) is 13.0 Å². The first-order chi connectivity index (χ1) is 14.0. The summed E-state index contributed by atoms with van der Waals surface area (Å²) in [7, 11) is 0. The highest BCUT2D eigenvalue weighted by Crippen LogP contribution is 2.37. The number of carbonyl (C=O) groups is 2. The molecule has 1 aliphatic rings. The second-order valence-electron chi connectivity index (χ2n) is 8.00. The minimum absolute atomic E-state index is 0.00158. The van der Waals surface area contributed by atoms with E-state index in [1.54, 1.807) is 20.8 Å². The van der Waals surface area contributed by atoms with E-state index >= 15 is 0 Å². The highest BCUT2D eigenvalue weighted by atomic mass is 35.6. The van der Waals surface area contributed by atoms with E-state index in [4.69, 9.17) is 44.3 Å². The third-order valence-electron chi connectivity index (χ3n) is 4.03. The first kappa shape index (κ1) is 25.7. The van der Waals surface area contributed by atoms with Crippen LogP contribution in [-0.2, 0) is 15.7 Å². The summed E-state index contributed by atoms with van der Waals surface area (Å²) in [5.41, 5.74) is -1.86. The van der Waals surface area contributed by atoms with Crippen molar-refractivity contribution in [1.82, 2.24) is 4.90 Å². The van der Waals surface area contributed by atoms with Crippen LogP contribution in [-0.4, -0.2) is 45.5 Å². The summed E-state index contributed by atoms with van der Waals surface area (Å²) in [5, 5.41) is 2.30. The fourth-order valence-electron chi connectivity index (χ4n) is 2.78. The van der Waals surface area contributed by atoms with Crippen molar-refractivity contribution in [3.05, 3.63) is 23.8 Å². The van der Waals surface area contributed by atoms with Crippen LogP contribution in [0.4, 0.5) is 23.7 Å². The molecule has 6 nitrogen and oxygen atoms in total. The van der Waals surface area contributed by atoms with Crippen LogP contribution in [0.5, 0.6) is 5.75 Å². The molecule has 1 atom stereocenters. The second-order valence-corrected chi connectivity index (χ2v) is 10.5. The molecule has 12 heteroatoms. The van der Waals surface area contributed by atoms with Crippen LogP contribution in [0.2, 0.25) is 0 Å². The lowest BCUT2D eigenvalue weighted by atomic mass is 10.1. The summed E-state index contributed by atoms with van der Waals surface area (Å²) < 4.78 is 48.5. The summed E-state index contributed by atoms with van der Waals surface area (Å²) in [5.74, 6) is -0.798. The van der Waals surface area contributed by atoms with Crippen molar-refractivity contribution in [3.63, 3.8) is 0 Å². The topological polar surface area (TPSA) is 67.9 Å². The average Bonchev–Trinajstić information content (AvgIpc) is 3.01. The summed E-state index contributed by atoms with van der Waals surface area (Å²) >= 11 is 16.7. The Morgan fingerprint density at radius 1 is 1.19 bits per heavy atom. The SMILES string of the molecule is CC(C)(C)OC(=O)N1CC[C@H](Oc2ccc(C(F)(F)F)cc2NC(=O)CC(Cl)(Cl)Cl)C1. The molecule has 0 saturated carbocycles. The molecule has 0 aliphatic carbocycles. The van der Waals surface area contributed by atoms with E-state index in [9.17, 15) is 22.8 Å². The first-order valence-corrected chi connectivity index (χ1v) is 10.4. The van der Waals surface area contributed by atoms with Crippen molar-refractivity contribution in [3.8, 4) is 5.75 Å². The fourth-order valence-corrected chi connectivity index (χ4v) is 3.14. The van der Waals surface area contributed by atoms with Gasteiger partial charge in [-0.1, -0.05) is 34.8 Å². The Morgan fingerprint density at radius 2 is 1.84 bits per heavy atom. The lowest BCUT2D eigenvalue weighted by Gasteiger charge is -2.24. The second kappa shape index (κ2) is 9.50. The Labute approximate surface area is 192 Å². The molecule has 1 saturated heterocycles. The van der Waals surface area contributed by atoms with Gasteiger partial charge in [0.15, 0.2) is 3.79 Å². The Morgan fingerprint density at radius 3 is 2.39 bits per heavy atom. The van der Waals surface area contributed by atoms with Gasteiger partial charge in [-0.3, -0.25) is 4.79 Å². The van der Waals surface area contributed by atoms with Crippen molar-refractivity contribution in [1.29, 1.82) is 0 Å². The summed E-state index contributed by atoms with van der Waals surface area (Å²) in [6.07, 6.45) is -5.78. The van der Waals surface area contributed by atoms with Crippen molar-refractivity contribution in [2.45, 2.75) is 55.3 Å². The Kier molecular flexibility index (Phi) is 7.87. The van der Waals surface area contributed by atoms with Crippen LogP contribution in [0.15, 0.2) is 18.2 Å². The van der Waals surface area contributed by atoms with Crippen LogP contribution in [0.25, 0.3) is 0 Å². The van der Waals surface area contributed by atoms with Gasteiger partial charge in [0.2, 0.25) is 5.91 Å². The Bertz CT molecular complexity index is 823. The van der Waals surface area contributed by atoms with Crippen LogP contribution in [0.1, 0.15) is 39.2 Å². The molecule has 0 bridgehead atoms. The minimum Gasteiger partial charge on any atom is -0.486 e. The standard InChI is InChI=1S/C19H22Cl3F3N2O4/c1-17(2,3)31-16(29)27-7-6-12(10-27)30-14-5-4-11(19(23,24)25)8-13(14)26-15(28)9-18(20,21)22/h4-5,8,12H,6-7,9-10H2,1-3H3,(H,26,28)/t12-/m0/s1. The van der Waals surface area contributed by atoms with Gasteiger partial charge in [-0.05, 0) is 39.0 Å². The molecule has 0 aromatic heterocycles. The van der Waals surface area contributed by atoms with E-state index in [-0.39, 0.29) is 18.0 Å². The van der Waals surface area contributed by atoms with Gasteiger partial charge in [0, 0.05) is 13.0 Å². The van der Waals surface area contributed by atoms with Gasteiger partial charge < -0.3 is 19.7 Å². The van der Waals surface area contributed by atoms with Crippen molar-refractivity contribution >= 4 is 52.5 Å². The molecule has 31 heavy (non-hydrogen) atoms. The minimum atomic E-state index is -4.63. The van der Waals surface area contributed by atoms with Crippen molar-refractivity contribution in [2.75, 3.05) is 18.4 Å². The number of nitrogens with one attached hydrogen (secondary N) is 1. The molecule has 1 fully saturated rings. The van der Waals surface area contributed by atoms with Crippen molar-refractivity contribution in [2.24, 2.45) is 0 Å². The van der Waals surface area contributed by atoms with Gasteiger partial charge in [-0.2, -0.15) is 13.2 Å². The van der Waals surface area contributed by atoms with Gasteiger partial charge in [0.1, 0.15) is 17.5 Å². The number of alkyl halides is 6. The normalized spacial score (nSPS) is 17.5. The van der Waals surface area contributed by atoms with E-state index in [0.717, 1.165) is 18.2 Å². The van der Waals surface area contributed by atoms with Gasteiger partial charge in [0.05, 0.1) is 24.2 Å². The molecular formula is C19H22Cl3F3N2O4. The number of ether oxygens (including phenoxy) is 2. The van der Waals surface area contributed by atoms with Crippen molar-refractivity contribution < 1.29 is 32.2 Å². The number of hydrogen-bond donors (Lipinski definition) is 1. The lowest BCUT2D eigenvalue weighted by Crippen LogP contribution is -2.36. The highest BCUT2D eigenvalue weighted by Gasteiger charge is 2.34. The van der Waals surface area contributed by atoms with Crippen LogP contribution in [0.3, 0.4) is 0 Å². The summed E-state index contributed by atoms with van der Waals surface area (Å²) in [4.78, 5) is 25.7. The maximum Gasteiger partial charge on any atom is 0.416 e. The van der Waals surface area contributed by atoms with E-state index < -0.39 is 45.7 Å². The Balaban J connectivity index is 2.16. The van der Waals surface area contributed by atoms with E-state index in [1.807, 2.05) is 0 Å². The number of likely N-dealkylation sites (tertiary alicyclic amines) is 1. The predicted molar refractivity (Wildman–Crippen MR) is 112 cm³/mol. The maximum absolute atomic E-state index is 13.1. The molecular weight excluding hydrogens is 484 g/mol. The zero-order valence-corrected chi connectivity index (χ0v) is 19.3. The largest absolute Gasteiger partial charge is 0.486 e. The number of rotatable bonds is 4. The highest BCUT2D eigenvalue weighted by molar-refractivity contribution is 6.68. The molecule has 0 spiro atoms. The van der Waals surface area contributed by atoms with Gasteiger partial charge in [-0.25, -0.2) is 4.79 Å². The molecule has 1 aromatic carbocycles. The van der Waals surface area contributed by atoms with Gasteiger partial charge in [0.25, 0.3) is 0 Å². The Hall–Kier alpha value is -1.58. The monoisotopic (exact) mass is 504 g/mol. The number of carbonyl (C=O) groups excluding carboxylic acids is 2. The first-order valence-electron chi connectivity index (χ1n) is 9.26. The summed E-state index contributed by atoms with van der Waals surface area (Å²) in [6.45, 7) is 5.75. The number of amides is 2. The summed E-state index contributed by atoms with van der Waals surface area (Å²) in [6, 6.07) is 2.68. The maximum atomic E-state index is 13.1. The number of anilines is 1. The quantitative estimate of drug-likeness (QED) is 0.526. The zero-order valence-electron chi connectivity index (χ0n) is 17.0. The molecule has 1 aliphatic heterocycles. The molecule has 0 radical (unpaired) electrons. The third-order valence-corrected chi connectivity index (χ3v) is 4.43.